The Morgan fingerprint density at radius 2 is 2.31 bits per heavy atom. The molecule has 16 heavy (non-hydrogen) atoms. The molecule has 0 atom stereocenters. The Hall–Kier alpha value is -1.62. The summed E-state index contributed by atoms with van der Waals surface area (Å²) in [6.07, 6.45) is -2.35. The molecular formula is C8H4BrF2N3O2. The lowest BCUT2D eigenvalue weighted by Gasteiger charge is -2.07. The largest absolute Gasteiger partial charge is 0.372 e. The summed E-state index contributed by atoms with van der Waals surface area (Å²) in [6, 6.07) is 1.67. The highest BCUT2D eigenvalue weighted by atomic mass is 79.9. The number of nitrogens with zero attached hydrogens (tertiary/aromatic N) is 3. The third kappa shape index (κ3) is 2.30. The smallest absolute Gasteiger partial charge is 0.358 e. The zero-order valence-corrected chi connectivity index (χ0v) is 9.24. The molecule has 1 aromatic rings. The first-order chi connectivity index (χ1) is 7.49. The summed E-state index contributed by atoms with van der Waals surface area (Å²) in [7, 11) is 0. The number of nitro groups is 1. The Bertz CT molecular complexity index is 473. The Morgan fingerprint density at radius 1 is 1.69 bits per heavy atom. The molecule has 0 bridgehead atoms. The molecule has 1 aromatic heterocycles. The quantitative estimate of drug-likeness (QED) is 0.633. The highest BCUT2D eigenvalue weighted by Crippen LogP contribution is 2.34. The number of rotatable bonds is 3. The third-order valence-electron chi connectivity index (χ3n) is 1.80. The lowest BCUT2D eigenvalue weighted by molar-refractivity contribution is -0.391. The van der Waals surface area contributed by atoms with Crippen LogP contribution in [0, 0.1) is 21.4 Å². The maximum Gasteiger partial charge on any atom is 0.372 e. The maximum absolute atomic E-state index is 12.7. The van der Waals surface area contributed by atoms with E-state index in [-0.39, 0.29) is 16.5 Å². The van der Waals surface area contributed by atoms with Gasteiger partial charge >= 0.3 is 5.82 Å². The van der Waals surface area contributed by atoms with Crippen LogP contribution in [0.1, 0.15) is 17.6 Å². The molecule has 1 rings (SSSR count). The van der Waals surface area contributed by atoms with Crippen LogP contribution >= 0.6 is 15.9 Å². The Labute approximate surface area is 97.0 Å². The van der Waals surface area contributed by atoms with Crippen LogP contribution in [0.2, 0.25) is 0 Å². The first kappa shape index (κ1) is 12.4. The number of hydrogen-bond donors (Lipinski definition) is 0. The van der Waals surface area contributed by atoms with Crippen molar-refractivity contribution in [1.29, 1.82) is 5.26 Å². The molecule has 0 radical (unpaired) electrons. The number of halogens is 3. The number of hydrogen-bond acceptors (Lipinski definition) is 4. The summed E-state index contributed by atoms with van der Waals surface area (Å²) in [4.78, 5) is 12.8. The van der Waals surface area contributed by atoms with Crippen molar-refractivity contribution < 1.29 is 13.7 Å². The summed E-state index contributed by atoms with van der Waals surface area (Å²) >= 11 is 2.93. The Morgan fingerprint density at radius 3 is 2.75 bits per heavy atom. The zero-order chi connectivity index (χ0) is 12.3. The highest BCUT2D eigenvalue weighted by Gasteiger charge is 2.28. The molecule has 0 aliphatic carbocycles. The van der Waals surface area contributed by atoms with Crippen molar-refractivity contribution in [3.8, 4) is 6.07 Å². The van der Waals surface area contributed by atoms with Crippen molar-refractivity contribution in [2.45, 2.75) is 12.8 Å². The van der Waals surface area contributed by atoms with E-state index in [1.165, 1.54) is 0 Å². The molecule has 0 aliphatic rings. The second-order valence-electron chi connectivity index (χ2n) is 2.71. The van der Waals surface area contributed by atoms with Gasteiger partial charge in [0.1, 0.15) is 5.56 Å². The van der Waals surface area contributed by atoms with Gasteiger partial charge in [-0.25, -0.2) is 8.78 Å². The number of alkyl halides is 2. The minimum atomic E-state index is -3.05. The van der Waals surface area contributed by atoms with Gasteiger partial charge in [-0.1, -0.05) is 0 Å². The molecule has 1 heterocycles. The van der Waals surface area contributed by atoms with Crippen LogP contribution in [0.5, 0.6) is 0 Å². The molecule has 8 heteroatoms. The predicted octanol–water partition coefficient (Wildman–Crippen LogP) is 2.76. The summed E-state index contributed by atoms with van der Waals surface area (Å²) in [5.41, 5.74) is -0.903. The van der Waals surface area contributed by atoms with Crippen molar-refractivity contribution in [1.82, 2.24) is 4.98 Å². The molecule has 0 unspecified atom stereocenters. The van der Waals surface area contributed by atoms with E-state index in [1.807, 2.05) is 0 Å². The van der Waals surface area contributed by atoms with Crippen molar-refractivity contribution in [2.75, 3.05) is 0 Å². The van der Waals surface area contributed by atoms with Gasteiger partial charge in [-0.15, -0.1) is 0 Å². The summed E-state index contributed by atoms with van der Waals surface area (Å²) in [5.74, 6) is -0.913. The third-order valence-corrected chi connectivity index (χ3v) is 2.48. The minimum Gasteiger partial charge on any atom is -0.358 e. The fraction of sp³-hybridized carbons (Fsp3) is 0.250. The molecule has 0 N–H and O–H groups in total. The van der Waals surface area contributed by atoms with Gasteiger partial charge < -0.3 is 10.1 Å². The first-order valence-corrected chi connectivity index (χ1v) is 4.75. The van der Waals surface area contributed by atoms with Crippen LogP contribution in [-0.2, 0) is 6.42 Å². The Kier molecular flexibility index (Phi) is 3.84. The fourth-order valence-electron chi connectivity index (χ4n) is 1.16. The normalized spacial score (nSPS) is 10.2. The van der Waals surface area contributed by atoms with Crippen molar-refractivity contribution in [3.05, 3.63) is 31.9 Å². The summed E-state index contributed by atoms with van der Waals surface area (Å²) in [6.45, 7) is 0. The van der Waals surface area contributed by atoms with E-state index >= 15 is 0 Å². The van der Waals surface area contributed by atoms with E-state index in [4.69, 9.17) is 5.26 Å². The van der Waals surface area contributed by atoms with Gasteiger partial charge in [-0.2, -0.15) is 5.26 Å². The van der Waals surface area contributed by atoms with E-state index < -0.39 is 22.7 Å². The summed E-state index contributed by atoms with van der Waals surface area (Å²) < 4.78 is 25.5. The molecule has 0 saturated carbocycles. The second kappa shape index (κ2) is 4.94. The van der Waals surface area contributed by atoms with Gasteiger partial charge in [0.25, 0.3) is 6.43 Å². The molecule has 0 amide bonds. The fourth-order valence-corrected chi connectivity index (χ4v) is 1.62. The van der Waals surface area contributed by atoms with Crippen LogP contribution in [0.25, 0.3) is 0 Å². The standard InChI is InChI=1S/C8H4BrF2N3O2/c9-5-3-13-8(14(15)16)6(7(10)11)4(5)1-2-12/h3,7H,1H2. The molecule has 0 fully saturated rings. The Balaban J connectivity index is 3.51. The molecule has 84 valence electrons. The number of nitriles is 1. The topological polar surface area (TPSA) is 79.8 Å². The first-order valence-electron chi connectivity index (χ1n) is 3.95. The van der Waals surface area contributed by atoms with E-state index in [1.54, 1.807) is 6.07 Å². The van der Waals surface area contributed by atoms with E-state index in [9.17, 15) is 18.9 Å². The predicted molar refractivity (Wildman–Crippen MR) is 52.9 cm³/mol. The van der Waals surface area contributed by atoms with Crippen LogP contribution in [0.3, 0.4) is 0 Å². The van der Waals surface area contributed by atoms with Crippen molar-refractivity contribution in [2.24, 2.45) is 0 Å². The van der Waals surface area contributed by atoms with Gasteiger partial charge in [-0.05, 0) is 25.8 Å². The monoisotopic (exact) mass is 291 g/mol. The van der Waals surface area contributed by atoms with Crippen molar-refractivity contribution >= 4 is 21.7 Å². The van der Waals surface area contributed by atoms with E-state index in [0.29, 0.717) is 0 Å². The molecule has 5 nitrogen and oxygen atoms in total. The minimum absolute atomic E-state index is 0.0980. The second-order valence-corrected chi connectivity index (χ2v) is 3.57. The van der Waals surface area contributed by atoms with Crippen LogP contribution in [0.4, 0.5) is 14.6 Å². The summed E-state index contributed by atoms with van der Waals surface area (Å²) in [5, 5.41) is 19.0. The van der Waals surface area contributed by atoms with E-state index in [2.05, 4.69) is 20.9 Å². The highest BCUT2D eigenvalue weighted by molar-refractivity contribution is 9.10. The lowest BCUT2D eigenvalue weighted by atomic mass is 10.1. The average Bonchev–Trinajstić information content (AvgIpc) is 2.20. The molecule has 0 spiro atoms. The molecule has 0 aromatic carbocycles. The number of pyridine rings is 1. The molecular weight excluding hydrogens is 288 g/mol. The molecule has 0 aliphatic heterocycles. The SMILES string of the molecule is N#CCc1c(Br)cnc([N+](=O)[O-])c1C(F)F. The number of aromatic nitrogens is 1. The van der Waals surface area contributed by atoms with Gasteiger partial charge in [0.2, 0.25) is 0 Å². The van der Waals surface area contributed by atoms with Gasteiger partial charge in [0.15, 0.2) is 6.20 Å². The zero-order valence-electron chi connectivity index (χ0n) is 7.65. The van der Waals surface area contributed by atoms with E-state index in [0.717, 1.165) is 6.20 Å². The van der Waals surface area contributed by atoms with Gasteiger partial charge in [-0.3, -0.25) is 0 Å². The van der Waals surface area contributed by atoms with Crippen molar-refractivity contribution in [3.63, 3.8) is 0 Å². The molecule has 0 saturated heterocycles. The van der Waals surface area contributed by atoms with Gasteiger partial charge in [0.05, 0.1) is 17.0 Å². The van der Waals surface area contributed by atoms with Gasteiger partial charge in [0, 0.05) is 5.56 Å². The maximum atomic E-state index is 12.7. The lowest BCUT2D eigenvalue weighted by Crippen LogP contribution is -2.04. The average molecular weight is 292 g/mol. The van der Waals surface area contributed by atoms with Crippen LogP contribution in [-0.4, -0.2) is 9.91 Å². The van der Waals surface area contributed by atoms with Crippen LogP contribution < -0.4 is 0 Å². The van der Waals surface area contributed by atoms with Crippen LogP contribution in [0.15, 0.2) is 10.7 Å².